The predicted octanol–water partition coefficient (Wildman–Crippen LogP) is 2.77. The second-order valence-corrected chi connectivity index (χ2v) is 5.95. The number of methoxy groups -OCH3 is 1. The lowest BCUT2D eigenvalue weighted by Gasteiger charge is -2.11. The van der Waals surface area contributed by atoms with Crippen LogP contribution in [0.4, 0.5) is 5.95 Å². The Kier molecular flexibility index (Phi) is 5.25. The lowest BCUT2D eigenvalue weighted by molar-refractivity contribution is 0.0937. The van der Waals surface area contributed by atoms with E-state index >= 15 is 0 Å². The van der Waals surface area contributed by atoms with Gasteiger partial charge in [-0.25, -0.2) is 9.97 Å². The summed E-state index contributed by atoms with van der Waals surface area (Å²) in [6.45, 7) is 0.609. The molecule has 0 bridgehead atoms. The van der Waals surface area contributed by atoms with E-state index in [1.807, 2.05) is 24.3 Å². The van der Waals surface area contributed by atoms with Gasteiger partial charge in [-0.15, -0.1) is 0 Å². The van der Waals surface area contributed by atoms with Crippen LogP contribution in [-0.2, 0) is 6.54 Å². The molecule has 1 aliphatic rings. The minimum Gasteiger partial charge on any atom is -0.497 e. The summed E-state index contributed by atoms with van der Waals surface area (Å²) in [6, 6.07) is 8.08. The first-order valence-corrected chi connectivity index (χ1v) is 8.24. The average Bonchev–Trinajstić information content (AvgIpc) is 3.14. The van der Waals surface area contributed by atoms with Crippen molar-refractivity contribution < 1.29 is 9.53 Å². The highest BCUT2D eigenvalue weighted by Gasteiger charge is 2.18. The highest BCUT2D eigenvalue weighted by atomic mass is 16.5. The van der Waals surface area contributed by atoms with E-state index in [0.29, 0.717) is 24.1 Å². The number of benzene rings is 1. The Morgan fingerprint density at radius 2 is 1.83 bits per heavy atom. The number of ether oxygens (including phenoxy) is 1. The molecule has 6 heteroatoms. The fourth-order valence-electron chi connectivity index (χ4n) is 2.80. The summed E-state index contributed by atoms with van der Waals surface area (Å²) in [4.78, 5) is 20.6. The van der Waals surface area contributed by atoms with Crippen LogP contribution in [-0.4, -0.2) is 29.0 Å². The van der Waals surface area contributed by atoms with E-state index in [0.717, 1.165) is 24.2 Å². The molecular formula is C18H22N4O2. The fraction of sp³-hybridized carbons (Fsp3) is 0.389. The molecule has 24 heavy (non-hydrogen) atoms. The quantitative estimate of drug-likeness (QED) is 0.853. The number of nitrogens with zero attached hydrogens (tertiary/aromatic N) is 2. The standard InChI is InChI=1S/C18H22N4O2/c1-24-16-8-6-13(7-9-16)10-19-18-20-11-14(12-21-18)17(23)22-15-4-2-3-5-15/h6-9,11-12,15H,2-5,10H2,1H3,(H,22,23)(H,19,20,21). The Morgan fingerprint density at radius 3 is 2.46 bits per heavy atom. The summed E-state index contributed by atoms with van der Waals surface area (Å²) in [7, 11) is 1.64. The summed E-state index contributed by atoms with van der Waals surface area (Å²) in [5.74, 6) is 1.24. The molecule has 1 heterocycles. The summed E-state index contributed by atoms with van der Waals surface area (Å²) in [6.07, 6.45) is 7.63. The van der Waals surface area contributed by atoms with Gasteiger partial charge < -0.3 is 15.4 Å². The number of amides is 1. The molecule has 2 aromatic rings. The van der Waals surface area contributed by atoms with Crippen molar-refractivity contribution in [1.82, 2.24) is 15.3 Å². The van der Waals surface area contributed by atoms with Crippen LogP contribution in [0.2, 0.25) is 0 Å². The highest BCUT2D eigenvalue weighted by Crippen LogP contribution is 2.18. The number of hydrogen-bond acceptors (Lipinski definition) is 5. The van der Waals surface area contributed by atoms with Gasteiger partial charge in [0.05, 0.1) is 12.7 Å². The molecule has 1 saturated carbocycles. The Bertz CT molecular complexity index is 664. The smallest absolute Gasteiger partial charge is 0.254 e. The van der Waals surface area contributed by atoms with Crippen LogP contribution in [0.5, 0.6) is 5.75 Å². The first-order valence-electron chi connectivity index (χ1n) is 8.24. The Hall–Kier alpha value is -2.63. The molecule has 0 aliphatic heterocycles. The molecule has 6 nitrogen and oxygen atoms in total. The van der Waals surface area contributed by atoms with Crippen LogP contribution in [0, 0.1) is 0 Å². The van der Waals surface area contributed by atoms with Crippen LogP contribution >= 0.6 is 0 Å². The van der Waals surface area contributed by atoms with Crippen LogP contribution in [0.25, 0.3) is 0 Å². The number of carbonyl (C=O) groups excluding carboxylic acids is 1. The SMILES string of the molecule is COc1ccc(CNc2ncc(C(=O)NC3CCCC3)cn2)cc1. The molecule has 1 aromatic heterocycles. The number of nitrogens with one attached hydrogen (secondary N) is 2. The van der Waals surface area contributed by atoms with Gasteiger partial charge in [-0.2, -0.15) is 0 Å². The van der Waals surface area contributed by atoms with Gasteiger partial charge >= 0.3 is 0 Å². The van der Waals surface area contributed by atoms with Gasteiger partial charge in [0.1, 0.15) is 5.75 Å². The molecular weight excluding hydrogens is 304 g/mol. The predicted molar refractivity (Wildman–Crippen MR) is 92.1 cm³/mol. The largest absolute Gasteiger partial charge is 0.497 e. The summed E-state index contributed by atoms with van der Waals surface area (Å²) >= 11 is 0. The number of aromatic nitrogens is 2. The second-order valence-electron chi connectivity index (χ2n) is 5.95. The third-order valence-electron chi connectivity index (χ3n) is 4.21. The van der Waals surface area contributed by atoms with Crippen molar-refractivity contribution in [3.8, 4) is 5.75 Å². The van der Waals surface area contributed by atoms with E-state index in [1.54, 1.807) is 19.5 Å². The van der Waals surface area contributed by atoms with E-state index in [-0.39, 0.29) is 5.91 Å². The zero-order chi connectivity index (χ0) is 16.8. The van der Waals surface area contributed by atoms with Gasteiger partial charge in [0.2, 0.25) is 5.95 Å². The number of carbonyl (C=O) groups is 1. The average molecular weight is 326 g/mol. The van der Waals surface area contributed by atoms with Gasteiger partial charge in [0, 0.05) is 25.0 Å². The monoisotopic (exact) mass is 326 g/mol. The van der Waals surface area contributed by atoms with E-state index in [1.165, 1.54) is 12.8 Å². The van der Waals surface area contributed by atoms with Crippen molar-refractivity contribution in [3.63, 3.8) is 0 Å². The topological polar surface area (TPSA) is 76.1 Å². The maximum Gasteiger partial charge on any atom is 0.254 e. The molecule has 2 N–H and O–H groups in total. The zero-order valence-electron chi connectivity index (χ0n) is 13.8. The van der Waals surface area contributed by atoms with Crippen molar-refractivity contribution in [2.24, 2.45) is 0 Å². The van der Waals surface area contributed by atoms with Crippen molar-refractivity contribution >= 4 is 11.9 Å². The molecule has 126 valence electrons. The second kappa shape index (κ2) is 7.77. The number of anilines is 1. The lowest BCUT2D eigenvalue weighted by atomic mass is 10.2. The Morgan fingerprint density at radius 1 is 1.17 bits per heavy atom. The normalized spacial score (nSPS) is 14.4. The molecule has 0 unspecified atom stereocenters. The van der Waals surface area contributed by atoms with Crippen molar-refractivity contribution in [2.45, 2.75) is 38.3 Å². The minimum atomic E-state index is -0.0939. The van der Waals surface area contributed by atoms with Gasteiger partial charge in [0.25, 0.3) is 5.91 Å². The molecule has 0 radical (unpaired) electrons. The Labute approximate surface area is 141 Å². The molecule has 1 amide bonds. The van der Waals surface area contributed by atoms with Gasteiger partial charge in [-0.05, 0) is 30.5 Å². The Balaban J connectivity index is 1.52. The first kappa shape index (κ1) is 16.2. The molecule has 0 atom stereocenters. The van der Waals surface area contributed by atoms with Crippen molar-refractivity contribution in [1.29, 1.82) is 0 Å². The van der Waals surface area contributed by atoms with Crippen LogP contribution in [0.15, 0.2) is 36.7 Å². The highest BCUT2D eigenvalue weighted by molar-refractivity contribution is 5.93. The fourth-order valence-corrected chi connectivity index (χ4v) is 2.80. The number of hydrogen-bond donors (Lipinski definition) is 2. The number of rotatable bonds is 6. The third-order valence-corrected chi connectivity index (χ3v) is 4.21. The van der Waals surface area contributed by atoms with Crippen LogP contribution in [0.3, 0.4) is 0 Å². The molecule has 1 aromatic carbocycles. The van der Waals surface area contributed by atoms with Crippen LogP contribution in [0.1, 0.15) is 41.6 Å². The van der Waals surface area contributed by atoms with E-state index in [4.69, 9.17) is 4.74 Å². The van der Waals surface area contributed by atoms with E-state index in [9.17, 15) is 4.79 Å². The van der Waals surface area contributed by atoms with Gasteiger partial charge in [-0.1, -0.05) is 25.0 Å². The van der Waals surface area contributed by atoms with Gasteiger partial charge in [0.15, 0.2) is 0 Å². The molecule has 1 fully saturated rings. The summed E-state index contributed by atoms with van der Waals surface area (Å²) in [5.41, 5.74) is 1.60. The van der Waals surface area contributed by atoms with Crippen molar-refractivity contribution in [2.75, 3.05) is 12.4 Å². The zero-order valence-corrected chi connectivity index (χ0v) is 13.8. The first-order chi connectivity index (χ1) is 11.7. The third kappa shape index (κ3) is 4.22. The molecule has 1 aliphatic carbocycles. The van der Waals surface area contributed by atoms with E-state index in [2.05, 4.69) is 20.6 Å². The van der Waals surface area contributed by atoms with E-state index < -0.39 is 0 Å². The summed E-state index contributed by atoms with van der Waals surface area (Å²) < 4.78 is 5.13. The summed E-state index contributed by atoms with van der Waals surface area (Å²) in [5, 5.41) is 6.17. The molecule has 3 rings (SSSR count). The molecule has 0 spiro atoms. The lowest BCUT2D eigenvalue weighted by Crippen LogP contribution is -2.32. The van der Waals surface area contributed by atoms with Crippen molar-refractivity contribution in [3.05, 3.63) is 47.8 Å². The molecule has 0 saturated heterocycles. The van der Waals surface area contributed by atoms with Gasteiger partial charge in [-0.3, -0.25) is 4.79 Å². The maximum absolute atomic E-state index is 12.1. The minimum absolute atomic E-state index is 0.0939. The van der Waals surface area contributed by atoms with Crippen LogP contribution < -0.4 is 15.4 Å². The maximum atomic E-state index is 12.1.